The number of allylic oxidation sites excluding steroid dienone is 9. The summed E-state index contributed by atoms with van der Waals surface area (Å²) >= 11 is 0. The molecule has 0 saturated heterocycles. The van der Waals surface area contributed by atoms with Crippen LogP contribution in [0.1, 0.15) is 42.5 Å². The van der Waals surface area contributed by atoms with Gasteiger partial charge in [0.15, 0.2) is 0 Å². The normalized spacial score (nSPS) is 16.1. The number of hydrogen-bond acceptors (Lipinski definition) is 0. The van der Waals surface area contributed by atoms with Crippen LogP contribution in [0.5, 0.6) is 0 Å². The molecule has 0 saturated carbocycles. The summed E-state index contributed by atoms with van der Waals surface area (Å²) in [6.45, 7) is 8.96. The topological polar surface area (TPSA) is 0 Å². The first-order chi connectivity index (χ1) is 13.1. The lowest BCUT2D eigenvalue weighted by molar-refractivity contribution is 1.24. The van der Waals surface area contributed by atoms with Crippen LogP contribution in [-0.2, 0) is 0 Å². The number of benzene rings is 2. The molecular formula is C27H26. The van der Waals surface area contributed by atoms with E-state index < -0.39 is 0 Å². The van der Waals surface area contributed by atoms with Gasteiger partial charge in [-0.15, -0.1) is 0 Å². The maximum absolute atomic E-state index is 2.41. The third-order valence-corrected chi connectivity index (χ3v) is 5.87. The number of rotatable bonds is 3. The monoisotopic (exact) mass is 350 g/mol. The largest absolute Gasteiger partial charge is 0.0801 e. The summed E-state index contributed by atoms with van der Waals surface area (Å²) in [6.07, 6.45) is 10.1. The minimum absolute atomic E-state index is 1.04. The van der Waals surface area contributed by atoms with Crippen molar-refractivity contribution < 1.29 is 0 Å². The quantitative estimate of drug-likeness (QED) is 0.546. The Bertz CT molecular complexity index is 1020. The molecule has 0 unspecified atom stereocenters. The van der Waals surface area contributed by atoms with Gasteiger partial charge in [0, 0.05) is 0 Å². The first kappa shape index (κ1) is 17.5. The molecule has 27 heavy (non-hydrogen) atoms. The second-order valence-corrected chi connectivity index (χ2v) is 7.55. The highest BCUT2D eigenvalue weighted by molar-refractivity contribution is 5.90. The van der Waals surface area contributed by atoms with E-state index in [1.165, 1.54) is 55.7 Å². The molecule has 0 radical (unpaired) electrons. The molecule has 0 heterocycles. The third kappa shape index (κ3) is 3.06. The van der Waals surface area contributed by atoms with Gasteiger partial charge in [-0.05, 0) is 95.9 Å². The Kier molecular flexibility index (Phi) is 4.58. The fraction of sp³-hybridized carbons (Fsp3) is 0.185. The van der Waals surface area contributed by atoms with Gasteiger partial charge < -0.3 is 0 Å². The molecule has 0 aliphatic heterocycles. The molecule has 134 valence electrons. The van der Waals surface area contributed by atoms with Crippen molar-refractivity contribution in [3.8, 4) is 0 Å². The fourth-order valence-corrected chi connectivity index (χ4v) is 4.15. The molecule has 0 aromatic heterocycles. The molecule has 0 amide bonds. The van der Waals surface area contributed by atoms with E-state index in [0.29, 0.717) is 0 Å². The molecule has 0 N–H and O–H groups in total. The van der Waals surface area contributed by atoms with E-state index in [4.69, 9.17) is 0 Å². The van der Waals surface area contributed by atoms with Crippen LogP contribution in [0.15, 0.2) is 101 Å². The van der Waals surface area contributed by atoms with Crippen LogP contribution in [0.25, 0.3) is 5.57 Å². The summed E-state index contributed by atoms with van der Waals surface area (Å²) in [7, 11) is 0. The van der Waals surface area contributed by atoms with Gasteiger partial charge in [0.05, 0.1) is 0 Å². The molecule has 0 fully saturated rings. The fourth-order valence-electron chi connectivity index (χ4n) is 4.15. The molecule has 2 aromatic rings. The SMILES string of the molecule is CC1=C(C)C(=C(c2ccccc2C)c2ccccc2C)C=C1C1=CC=CC1. The molecule has 0 heteroatoms. The van der Waals surface area contributed by atoms with Crippen LogP contribution in [-0.4, -0.2) is 0 Å². The van der Waals surface area contributed by atoms with Crippen molar-refractivity contribution >= 4 is 5.57 Å². The minimum Gasteiger partial charge on any atom is -0.0801 e. The maximum Gasteiger partial charge on any atom is -0.00306 e. The zero-order chi connectivity index (χ0) is 19.0. The van der Waals surface area contributed by atoms with Gasteiger partial charge in [0.1, 0.15) is 0 Å². The summed E-state index contributed by atoms with van der Waals surface area (Å²) in [6, 6.07) is 17.5. The van der Waals surface area contributed by atoms with Crippen molar-refractivity contribution in [1.29, 1.82) is 0 Å². The van der Waals surface area contributed by atoms with Crippen LogP contribution in [0.2, 0.25) is 0 Å². The van der Waals surface area contributed by atoms with Gasteiger partial charge in [-0.2, -0.15) is 0 Å². The van der Waals surface area contributed by atoms with E-state index in [-0.39, 0.29) is 0 Å². The predicted octanol–water partition coefficient (Wildman–Crippen LogP) is 7.27. The summed E-state index contributed by atoms with van der Waals surface area (Å²) < 4.78 is 0. The highest BCUT2D eigenvalue weighted by Crippen LogP contribution is 2.43. The van der Waals surface area contributed by atoms with Gasteiger partial charge in [-0.1, -0.05) is 66.8 Å². The summed E-state index contributed by atoms with van der Waals surface area (Å²) in [5, 5.41) is 0. The Hall–Kier alpha value is -2.86. The second-order valence-electron chi connectivity index (χ2n) is 7.55. The zero-order valence-electron chi connectivity index (χ0n) is 16.6. The van der Waals surface area contributed by atoms with Crippen molar-refractivity contribution in [2.24, 2.45) is 0 Å². The summed E-state index contributed by atoms with van der Waals surface area (Å²) in [5.74, 6) is 0. The molecule has 2 aliphatic carbocycles. The molecule has 2 aromatic carbocycles. The van der Waals surface area contributed by atoms with E-state index in [1.54, 1.807) is 0 Å². The predicted molar refractivity (Wildman–Crippen MR) is 117 cm³/mol. The van der Waals surface area contributed by atoms with Crippen molar-refractivity contribution in [2.75, 3.05) is 0 Å². The minimum atomic E-state index is 1.04. The molecule has 0 nitrogen and oxygen atoms in total. The van der Waals surface area contributed by atoms with Crippen LogP contribution >= 0.6 is 0 Å². The van der Waals surface area contributed by atoms with Crippen LogP contribution in [0.4, 0.5) is 0 Å². The summed E-state index contributed by atoms with van der Waals surface area (Å²) in [4.78, 5) is 0. The van der Waals surface area contributed by atoms with E-state index >= 15 is 0 Å². The van der Waals surface area contributed by atoms with Crippen molar-refractivity contribution in [3.05, 3.63) is 123 Å². The highest BCUT2D eigenvalue weighted by atomic mass is 14.3. The van der Waals surface area contributed by atoms with Crippen LogP contribution in [0, 0.1) is 13.8 Å². The van der Waals surface area contributed by atoms with Gasteiger partial charge >= 0.3 is 0 Å². The van der Waals surface area contributed by atoms with Crippen LogP contribution < -0.4 is 0 Å². The van der Waals surface area contributed by atoms with Gasteiger partial charge in [-0.25, -0.2) is 0 Å². The molecule has 4 rings (SSSR count). The number of hydrogen-bond donors (Lipinski definition) is 0. The van der Waals surface area contributed by atoms with Crippen molar-refractivity contribution in [2.45, 2.75) is 34.1 Å². The van der Waals surface area contributed by atoms with Gasteiger partial charge in [0.25, 0.3) is 0 Å². The first-order valence-corrected chi connectivity index (χ1v) is 9.70. The average molecular weight is 351 g/mol. The van der Waals surface area contributed by atoms with Gasteiger partial charge in [0.2, 0.25) is 0 Å². The van der Waals surface area contributed by atoms with E-state index in [1.807, 2.05) is 0 Å². The Morgan fingerprint density at radius 2 is 1.33 bits per heavy atom. The lowest BCUT2D eigenvalue weighted by atomic mass is 9.86. The molecule has 0 atom stereocenters. The maximum atomic E-state index is 2.41. The Balaban J connectivity index is 2.02. The molecular weight excluding hydrogens is 324 g/mol. The second kappa shape index (κ2) is 7.04. The lowest BCUT2D eigenvalue weighted by Crippen LogP contribution is -1.98. The number of aryl methyl sites for hydroxylation is 2. The van der Waals surface area contributed by atoms with E-state index in [2.05, 4.69) is 101 Å². The Morgan fingerprint density at radius 3 is 1.85 bits per heavy atom. The average Bonchev–Trinajstić information content (AvgIpc) is 3.29. The van der Waals surface area contributed by atoms with Crippen molar-refractivity contribution in [1.82, 2.24) is 0 Å². The Morgan fingerprint density at radius 1 is 0.741 bits per heavy atom. The molecule has 0 spiro atoms. The lowest BCUT2D eigenvalue weighted by Gasteiger charge is -2.17. The third-order valence-electron chi connectivity index (χ3n) is 5.87. The van der Waals surface area contributed by atoms with Crippen molar-refractivity contribution in [3.63, 3.8) is 0 Å². The van der Waals surface area contributed by atoms with Crippen LogP contribution in [0.3, 0.4) is 0 Å². The first-order valence-electron chi connectivity index (χ1n) is 9.70. The standard InChI is InChI=1S/C27H26/c1-18-11-5-9-15-23(18)27(24-16-10-6-12-19(24)2)26-17-25(20(3)21(26)4)22-13-7-8-14-22/h5-13,15-17H,14H2,1-4H3. The Labute approximate surface area is 163 Å². The molecule has 2 aliphatic rings. The zero-order valence-corrected chi connectivity index (χ0v) is 16.6. The van der Waals surface area contributed by atoms with E-state index in [0.717, 1.165) is 6.42 Å². The van der Waals surface area contributed by atoms with E-state index in [9.17, 15) is 0 Å². The van der Waals surface area contributed by atoms with Gasteiger partial charge in [-0.3, -0.25) is 0 Å². The highest BCUT2D eigenvalue weighted by Gasteiger charge is 2.23. The summed E-state index contributed by atoms with van der Waals surface area (Å²) in [5.41, 5.74) is 13.6. The smallest absolute Gasteiger partial charge is 0.00306 e. The molecule has 0 bridgehead atoms.